The number of nitrogens with one attached hydrogen (secondary N) is 1. The van der Waals surface area contributed by atoms with E-state index in [1.807, 2.05) is 14.0 Å². The van der Waals surface area contributed by atoms with Crippen LogP contribution in [0.15, 0.2) is 43.0 Å². The predicted octanol–water partition coefficient (Wildman–Crippen LogP) is 5.51. The lowest BCUT2D eigenvalue weighted by Crippen LogP contribution is -2.45. The van der Waals surface area contributed by atoms with Crippen LogP contribution in [0.5, 0.6) is 0 Å². The summed E-state index contributed by atoms with van der Waals surface area (Å²) in [6.07, 6.45) is 4.33. The minimum absolute atomic E-state index is 0.685. The van der Waals surface area contributed by atoms with Crippen molar-refractivity contribution in [1.29, 1.82) is 0 Å². The quantitative estimate of drug-likeness (QED) is 0.578. The van der Waals surface area contributed by atoms with Gasteiger partial charge >= 0.3 is 0 Å². The van der Waals surface area contributed by atoms with E-state index in [1.54, 1.807) is 6.08 Å². The largest absolute Gasteiger partial charge is 0.320 e. The van der Waals surface area contributed by atoms with E-state index in [9.17, 15) is 0 Å². The molecule has 1 heterocycles. The Balaban J connectivity index is 0.000000658. The summed E-state index contributed by atoms with van der Waals surface area (Å²) in [5.41, 5.74) is 1.51. The fraction of sp³-hybridized carbons (Fsp3) is 0.692. The number of likely N-dealkylation sites (N-methyl/N-ethyl adjacent to an activating group) is 1. The van der Waals surface area contributed by atoms with E-state index in [0.29, 0.717) is 5.92 Å². The van der Waals surface area contributed by atoms with Crippen LogP contribution in [0.3, 0.4) is 0 Å². The summed E-state index contributed by atoms with van der Waals surface area (Å²) in [6, 6.07) is 11.1. The van der Waals surface area contributed by atoms with Crippen LogP contribution in [0.25, 0.3) is 0 Å². The molecule has 1 N–H and O–H groups in total. The maximum absolute atomic E-state index is 3.36. The summed E-state index contributed by atoms with van der Waals surface area (Å²) in [5.74, 6) is 2.29. The van der Waals surface area contributed by atoms with Crippen molar-refractivity contribution in [2.45, 2.75) is 53.4 Å². The first-order valence-corrected chi connectivity index (χ1v) is 11.5. The molecule has 0 radical (unpaired) electrons. The van der Waals surface area contributed by atoms with Gasteiger partial charge in [-0.2, -0.15) is 0 Å². The molecule has 1 unspecified atom stereocenters. The third-order valence-corrected chi connectivity index (χ3v) is 5.07. The van der Waals surface area contributed by atoms with Crippen molar-refractivity contribution < 1.29 is 0 Å². The van der Waals surface area contributed by atoms with Crippen molar-refractivity contribution in [3.8, 4) is 0 Å². The van der Waals surface area contributed by atoms with Crippen LogP contribution < -0.4 is 5.32 Å². The normalized spacial score (nSPS) is 15.9. The number of rotatable bonds is 8. The van der Waals surface area contributed by atoms with Gasteiger partial charge in [0.15, 0.2) is 0 Å². The highest BCUT2D eigenvalue weighted by Crippen LogP contribution is 2.25. The molecule has 1 aromatic rings. The van der Waals surface area contributed by atoms with Gasteiger partial charge in [-0.25, -0.2) is 0 Å². The van der Waals surface area contributed by atoms with Gasteiger partial charge in [-0.1, -0.05) is 64.1 Å². The highest BCUT2D eigenvalue weighted by atomic mass is 15.2. The van der Waals surface area contributed by atoms with Gasteiger partial charge < -0.3 is 15.1 Å². The first kappa shape index (κ1) is 27.8. The van der Waals surface area contributed by atoms with Crippen LogP contribution in [0, 0.1) is 11.8 Å². The summed E-state index contributed by atoms with van der Waals surface area (Å²) in [6.45, 7) is 21.6. The molecule has 1 aliphatic rings. The monoisotopic (exact) mass is 403 g/mol. The number of hydrogen-bond acceptors (Lipinski definition) is 3. The van der Waals surface area contributed by atoms with Gasteiger partial charge in [-0.15, -0.1) is 6.58 Å². The van der Waals surface area contributed by atoms with E-state index in [4.69, 9.17) is 0 Å². The summed E-state index contributed by atoms with van der Waals surface area (Å²) in [7, 11) is 4.21. The summed E-state index contributed by atoms with van der Waals surface area (Å²) in [4.78, 5) is 5.07. The molecular weight excluding hydrogens is 354 g/mol. The minimum atomic E-state index is 0.685. The molecule has 1 aliphatic heterocycles. The zero-order chi connectivity index (χ0) is 22.1. The van der Waals surface area contributed by atoms with Gasteiger partial charge in [0.25, 0.3) is 0 Å². The summed E-state index contributed by atoms with van der Waals surface area (Å²) < 4.78 is 0. The fourth-order valence-corrected chi connectivity index (χ4v) is 3.39. The van der Waals surface area contributed by atoms with Crippen molar-refractivity contribution >= 4 is 0 Å². The first-order chi connectivity index (χ1) is 13.8. The molecule has 0 aromatic heterocycles. The Morgan fingerprint density at radius 1 is 1.00 bits per heavy atom. The van der Waals surface area contributed by atoms with Crippen LogP contribution in [0.1, 0.15) is 58.9 Å². The van der Waals surface area contributed by atoms with E-state index in [1.165, 1.54) is 51.1 Å². The number of piperazine rings is 1. The lowest BCUT2D eigenvalue weighted by Gasteiger charge is -2.35. The van der Waals surface area contributed by atoms with Crippen LogP contribution in [0.4, 0.5) is 0 Å². The Labute approximate surface area is 182 Å². The van der Waals surface area contributed by atoms with Crippen molar-refractivity contribution in [2.24, 2.45) is 11.8 Å². The zero-order valence-corrected chi connectivity index (χ0v) is 20.5. The van der Waals surface area contributed by atoms with E-state index in [0.717, 1.165) is 18.4 Å². The second kappa shape index (κ2) is 17.7. The molecule has 1 atom stereocenters. The lowest BCUT2D eigenvalue weighted by molar-refractivity contribution is 0.143. The Morgan fingerprint density at radius 3 is 1.97 bits per heavy atom. The Bertz CT molecular complexity index is 476. The van der Waals surface area contributed by atoms with Gasteiger partial charge in [0.05, 0.1) is 0 Å². The molecule has 3 nitrogen and oxygen atoms in total. The second-order valence-corrected chi connectivity index (χ2v) is 9.04. The van der Waals surface area contributed by atoms with Crippen molar-refractivity contribution in [3.05, 3.63) is 48.6 Å². The van der Waals surface area contributed by atoms with Crippen molar-refractivity contribution in [1.82, 2.24) is 15.1 Å². The molecule has 2 rings (SSSR count). The lowest BCUT2D eigenvalue weighted by atomic mass is 9.89. The predicted molar refractivity (Wildman–Crippen MR) is 132 cm³/mol. The van der Waals surface area contributed by atoms with Gasteiger partial charge in [0.2, 0.25) is 0 Å². The Kier molecular flexibility index (Phi) is 17.0. The second-order valence-electron chi connectivity index (χ2n) is 9.04. The van der Waals surface area contributed by atoms with E-state index in [-0.39, 0.29) is 0 Å². The molecule has 0 spiro atoms. The average Bonchev–Trinajstić information content (AvgIpc) is 2.69. The van der Waals surface area contributed by atoms with Gasteiger partial charge in [0, 0.05) is 32.7 Å². The molecule has 0 saturated carbocycles. The smallest absolute Gasteiger partial charge is 0.0110 e. The van der Waals surface area contributed by atoms with Gasteiger partial charge in [-0.05, 0) is 63.7 Å². The Morgan fingerprint density at radius 2 is 1.55 bits per heavy atom. The molecule has 0 amide bonds. The molecule has 0 aliphatic carbocycles. The molecule has 29 heavy (non-hydrogen) atoms. The highest BCUT2D eigenvalue weighted by molar-refractivity contribution is 5.20. The van der Waals surface area contributed by atoms with Gasteiger partial charge in [-0.3, -0.25) is 0 Å². The molecule has 168 valence electrons. The molecular formula is C26H49N3. The third kappa shape index (κ3) is 15.4. The van der Waals surface area contributed by atoms with Crippen LogP contribution in [-0.4, -0.2) is 63.2 Å². The van der Waals surface area contributed by atoms with Crippen molar-refractivity contribution in [2.75, 3.05) is 53.4 Å². The number of allylic oxidation sites excluding steroid dienone is 1. The van der Waals surface area contributed by atoms with E-state index >= 15 is 0 Å². The van der Waals surface area contributed by atoms with E-state index in [2.05, 4.69) is 86.8 Å². The fourth-order valence-electron chi connectivity index (χ4n) is 3.39. The topological polar surface area (TPSA) is 18.5 Å². The molecule has 0 bridgehead atoms. The number of benzene rings is 1. The third-order valence-electron chi connectivity index (χ3n) is 5.07. The number of hydrogen-bond donors (Lipinski definition) is 1. The maximum atomic E-state index is 3.36. The maximum Gasteiger partial charge on any atom is 0.0110 e. The van der Waals surface area contributed by atoms with Crippen molar-refractivity contribution in [3.63, 3.8) is 0 Å². The zero-order valence-electron chi connectivity index (χ0n) is 20.5. The summed E-state index contributed by atoms with van der Waals surface area (Å²) in [5, 5.41) is 3.10. The number of nitrogens with zero attached hydrogens (tertiary/aromatic N) is 2. The van der Waals surface area contributed by atoms with Crippen LogP contribution >= 0.6 is 0 Å². The Hall–Kier alpha value is -1.16. The molecule has 3 heteroatoms. The first-order valence-electron chi connectivity index (χ1n) is 11.5. The van der Waals surface area contributed by atoms with Crippen LogP contribution in [0.2, 0.25) is 0 Å². The average molecular weight is 404 g/mol. The molecule has 1 fully saturated rings. The van der Waals surface area contributed by atoms with E-state index < -0.39 is 0 Å². The molecule has 1 saturated heterocycles. The SMILES string of the molecule is C=CC.CC(C)CC(CN1CCN(C)CC1)c1ccccc1.CNCCC(C)C. The van der Waals surface area contributed by atoms with Gasteiger partial charge in [0.1, 0.15) is 0 Å². The van der Waals surface area contributed by atoms with Crippen LogP contribution in [-0.2, 0) is 0 Å². The standard InChI is InChI=1S/C17H28N2.C6H15N.C3H6/c1-15(2)13-17(16-7-5-4-6-8-16)14-19-11-9-18(3)10-12-19;1-6(2)4-5-7-3;1-3-2/h4-8,15,17H,9-14H2,1-3H3;6-7H,4-5H2,1-3H3;3H,1H2,2H3. The summed E-state index contributed by atoms with van der Waals surface area (Å²) >= 11 is 0. The minimum Gasteiger partial charge on any atom is -0.320 e. The highest BCUT2D eigenvalue weighted by Gasteiger charge is 2.20. The molecule has 1 aromatic carbocycles.